The maximum absolute atomic E-state index is 14.0. The number of ether oxygens (including phenoxy) is 2. The van der Waals surface area contributed by atoms with E-state index in [1.54, 1.807) is 38.3 Å². The molecule has 0 aliphatic carbocycles. The van der Waals surface area contributed by atoms with Crippen molar-refractivity contribution in [1.29, 1.82) is 0 Å². The van der Waals surface area contributed by atoms with Crippen LogP contribution in [0.4, 0.5) is 0 Å². The molecule has 278 valence electrons. The summed E-state index contributed by atoms with van der Waals surface area (Å²) in [5.74, 6) is -0.959. The zero-order valence-corrected chi connectivity index (χ0v) is 31.7. The number of amides is 4. The highest BCUT2D eigenvalue weighted by Gasteiger charge is 2.42. The fraction of sp³-hybridized carbons (Fsp3) is 0.730. The fourth-order valence-electron chi connectivity index (χ4n) is 7.26. The van der Waals surface area contributed by atoms with Crippen LogP contribution in [0.3, 0.4) is 0 Å². The Morgan fingerprint density at radius 2 is 1.61 bits per heavy atom. The molecule has 4 amide bonds. The molecule has 12 heteroatoms. The average molecular weight is 690 g/mol. The molecule has 49 heavy (non-hydrogen) atoms. The van der Waals surface area contributed by atoms with Crippen molar-refractivity contribution in [3.05, 3.63) is 29.8 Å². The van der Waals surface area contributed by atoms with Gasteiger partial charge in [-0.1, -0.05) is 53.2 Å². The Hall–Kier alpha value is -3.22. The number of benzene rings is 1. The van der Waals surface area contributed by atoms with E-state index in [9.17, 15) is 24.3 Å². The molecule has 1 heterocycles. The summed E-state index contributed by atoms with van der Waals surface area (Å²) >= 11 is 0. The molecule has 1 saturated heterocycles. The third-order valence-corrected chi connectivity index (χ3v) is 10.0. The van der Waals surface area contributed by atoms with Gasteiger partial charge in [0.05, 0.1) is 49.2 Å². The van der Waals surface area contributed by atoms with Gasteiger partial charge in [0.1, 0.15) is 5.75 Å². The maximum atomic E-state index is 14.0. The first-order chi connectivity index (χ1) is 23.1. The molecule has 0 saturated carbocycles. The van der Waals surface area contributed by atoms with Crippen molar-refractivity contribution in [3.63, 3.8) is 0 Å². The minimum absolute atomic E-state index is 0.0148. The number of aromatic hydroxyl groups is 1. The van der Waals surface area contributed by atoms with E-state index in [-0.39, 0.29) is 72.3 Å². The van der Waals surface area contributed by atoms with Gasteiger partial charge < -0.3 is 35.0 Å². The summed E-state index contributed by atoms with van der Waals surface area (Å²) < 4.78 is 11.8. The first-order valence-corrected chi connectivity index (χ1v) is 17.7. The molecule has 1 aromatic carbocycles. The standard InChI is InChI=1S/C37H63N5O7/c1-12-24(4)34(41(9)32(45)22-38-37(47)33(23(2)3)40(7)8)30(48-10)21-31(44)42-19-13-14-29(42)35(49-11)26(6)36(46)39-25(5)20-27-15-17-28(43)18-16-27/h15-18,23-26,29-30,33-35,43H,12-14,19-22H2,1-11H3,(H,38,47)(H,39,46). The number of nitrogens with one attached hydrogen (secondary N) is 2. The minimum Gasteiger partial charge on any atom is -0.508 e. The number of phenols is 1. The van der Waals surface area contributed by atoms with Crippen LogP contribution < -0.4 is 10.6 Å². The van der Waals surface area contributed by atoms with Crippen LogP contribution in [-0.4, -0.2) is 128 Å². The zero-order chi connectivity index (χ0) is 37.0. The highest BCUT2D eigenvalue weighted by molar-refractivity contribution is 5.87. The Kier molecular flexibility index (Phi) is 17.0. The van der Waals surface area contributed by atoms with Gasteiger partial charge in [0.25, 0.3) is 0 Å². The second kappa shape index (κ2) is 19.8. The first-order valence-electron chi connectivity index (χ1n) is 17.7. The van der Waals surface area contributed by atoms with Crippen LogP contribution in [0.2, 0.25) is 0 Å². The summed E-state index contributed by atoms with van der Waals surface area (Å²) in [6, 6.07) is 5.73. The number of methoxy groups -OCH3 is 2. The molecule has 8 unspecified atom stereocenters. The normalized spacial score (nSPS) is 19.1. The van der Waals surface area contributed by atoms with Crippen molar-refractivity contribution >= 4 is 23.6 Å². The smallest absolute Gasteiger partial charge is 0.242 e. The number of carbonyl (C=O) groups excluding carboxylic acids is 4. The van der Waals surface area contributed by atoms with Crippen LogP contribution >= 0.6 is 0 Å². The van der Waals surface area contributed by atoms with Gasteiger partial charge in [-0.25, -0.2) is 0 Å². The number of hydrogen-bond donors (Lipinski definition) is 3. The van der Waals surface area contributed by atoms with Crippen LogP contribution in [0.5, 0.6) is 5.75 Å². The van der Waals surface area contributed by atoms with Gasteiger partial charge in [-0.2, -0.15) is 0 Å². The predicted octanol–water partition coefficient (Wildman–Crippen LogP) is 3.06. The maximum Gasteiger partial charge on any atom is 0.242 e. The highest BCUT2D eigenvalue weighted by Crippen LogP contribution is 2.29. The molecule has 1 aromatic rings. The van der Waals surface area contributed by atoms with Crippen LogP contribution in [0.25, 0.3) is 0 Å². The molecule has 3 N–H and O–H groups in total. The van der Waals surface area contributed by atoms with E-state index in [2.05, 4.69) is 10.6 Å². The Morgan fingerprint density at radius 1 is 0.980 bits per heavy atom. The van der Waals surface area contributed by atoms with Crippen LogP contribution in [0.1, 0.15) is 72.8 Å². The van der Waals surface area contributed by atoms with Crippen molar-refractivity contribution in [2.75, 3.05) is 48.5 Å². The van der Waals surface area contributed by atoms with E-state index in [1.165, 1.54) is 0 Å². The van der Waals surface area contributed by atoms with Crippen LogP contribution in [-0.2, 0) is 35.1 Å². The largest absolute Gasteiger partial charge is 0.508 e. The molecular formula is C37H63N5O7. The molecular weight excluding hydrogens is 626 g/mol. The van der Waals surface area contributed by atoms with Crippen molar-refractivity contribution in [3.8, 4) is 5.75 Å². The molecule has 0 spiro atoms. The van der Waals surface area contributed by atoms with Crippen LogP contribution in [0, 0.1) is 17.8 Å². The van der Waals surface area contributed by atoms with Gasteiger partial charge in [0.2, 0.25) is 23.6 Å². The molecule has 1 fully saturated rings. The Balaban J connectivity index is 2.13. The van der Waals surface area contributed by atoms with Gasteiger partial charge in [-0.15, -0.1) is 0 Å². The quantitative estimate of drug-likeness (QED) is 0.202. The van der Waals surface area contributed by atoms with E-state index in [4.69, 9.17) is 9.47 Å². The Bertz CT molecular complexity index is 1200. The lowest BCUT2D eigenvalue weighted by Gasteiger charge is -2.39. The lowest BCUT2D eigenvalue weighted by molar-refractivity contribution is -0.146. The number of rotatable bonds is 19. The number of nitrogens with zero attached hydrogens (tertiary/aromatic N) is 3. The number of likely N-dealkylation sites (tertiary alicyclic amines) is 1. The molecule has 12 nitrogen and oxygen atoms in total. The highest BCUT2D eigenvalue weighted by atomic mass is 16.5. The van der Waals surface area contributed by atoms with E-state index < -0.39 is 24.2 Å². The number of likely N-dealkylation sites (N-methyl/N-ethyl adjacent to an activating group) is 2. The second-order valence-electron chi connectivity index (χ2n) is 14.3. The topological polar surface area (TPSA) is 141 Å². The SMILES string of the molecule is CCC(C)C(C(CC(=O)N1CCCC1C(OC)C(C)C(=O)NC(C)Cc1ccc(O)cc1)OC)N(C)C(=O)CNC(=O)C(C(C)C)N(C)C. The molecule has 0 radical (unpaired) electrons. The minimum atomic E-state index is -0.582. The summed E-state index contributed by atoms with van der Waals surface area (Å²) in [6.45, 7) is 12.2. The van der Waals surface area contributed by atoms with Gasteiger partial charge in [0.15, 0.2) is 0 Å². The van der Waals surface area contributed by atoms with E-state index in [0.29, 0.717) is 19.4 Å². The number of hydrogen-bond acceptors (Lipinski definition) is 8. The fourth-order valence-corrected chi connectivity index (χ4v) is 7.26. The van der Waals surface area contributed by atoms with E-state index in [0.717, 1.165) is 18.4 Å². The molecule has 1 aliphatic rings. The predicted molar refractivity (Wildman–Crippen MR) is 191 cm³/mol. The van der Waals surface area contributed by atoms with Gasteiger partial charge in [-0.3, -0.25) is 24.1 Å². The summed E-state index contributed by atoms with van der Waals surface area (Å²) in [5, 5.41) is 15.5. The van der Waals surface area contributed by atoms with Crippen molar-refractivity contribution < 1.29 is 33.8 Å². The van der Waals surface area contributed by atoms with Crippen molar-refractivity contribution in [2.45, 2.75) is 110 Å². The first kappa shape index (κ1) is 41.9. The lowest BCUT2D eigenvalue weighted by Crippen LogP contribution is -2.55. The summed E-state index contributed by atoms with van der Waals surface area (Å²) in [6.07, 6.45) is 1.83. The monoisotopic (exact) mass is 689 g/mol. The summed E-state index contributed by atoms with van der Waals surface area (Å²) in [7, 11) is 8.52. The number of carbonyl (C=O) groups is 4. The Morgan fingerprint density at radius 3 is 2.14 bits per heavy atom. The molecule has 0 aromatic heterocycles. The lowest BCUT2D eigenvalue weighted by atomic mass is 9.90. The average Bonchev–Trinajstić information content (AvgIpc) is 3.53. The third-order valence-electron chi connectivity index (χ3n) is 10.0. The molecule has 1 aliphatic heterocycles. The van der Waals surface area contributed by atoms with Gasteiger partial charge >= 0.3 is 0 Å². The van der Waals surface area contributed by atoms with Crippen molar-refractivity contribution in [2.24, 2.45) is 17.8 Å². The van der Waals surface area contributed by atoms with Crippen molar-refractivity contribution in [1.82, 2.24) is 25.3 Å². The van der Waals surface area contributed by atoms with Gasteiger partial charge in [0, 0.05) is 33.9 Å². The molecule has 8 atom stereocenters. The van der Waals surface area contributed by atoms with Crippen LogP contribution in [0.15, 0.2) is 24.3 Å². The number of phenolic OH excluding ortho intramolecular Hbond substituents is 1. The van der Waals surface area contributed by atoms with Gasteiger partial charge in [-0.05, 0) is 69.8 Å². The molecule has 0 bridgehead atoms. The third kappa shape index (κ3) is 11.7. The molecule has 2 rings (SSSR count). The summed E-state index contributed by atoms with van der Waals surface area (Å²) in [4.78, 5) is 58.9. The van der Waals surface area contributed by atoms with E-state index in [1.807, 2.05) is 77.6 Å². The zero-order valence-electron chi connectivity index (χ0n) is 31.7. The second-order valence-corrected chi connectivity index (χ2v) is 14.3. The summed E-state index contributed by atoms with van der Waals surface area (Å²) in [5.41, 5.74) is 0.999. The Labute approximate surface area is 294 Å². The van der Waals surface area contributed by atoms with E-state index >= 15 is 0 Å².